The summed E-state index contributed by atoms with van der Waals surface area (Å²) in [7, 11) is 0. The molecule has 0 aliphatic heterocycles. The Morgan fingerprint density at radius 2 is 1.50 bits per heavy atom. The van der Waals surface area contributed by atoms with Gasteiger partial charge in [0.2, 0.25) is 0 Å². The third-order valence-corrected chi connectivity index (χ3v) is 3.35. The van der Waals surface area contributed by atoms with Gasteiger partial charge in [0.05, 0.1) is 5.56 Å². The molecule has 2 N–H and O–H groups in total. The number of nitrogens with one attached hydrogen (secondary N) is 2. The van der Waals surface area contributed by atoms with Gasteiger partial charge in [0.15, 0.2) is 12.4 Å². The van der Waals surface area contributed by atoms with Crippen molar-refractivity contribution in [1.29, 1.82) is 0 Å². The van der Waals surface area contributed by atoms with Crippen LogP contribution in [0, 0.1) is 0 Å². The molecule has 26 heavy (non-hydrogen) atoms. The van der Waals surface area contributed by atoms with Crippen LogP contribution in [0.25, 0.3) is 0 Å². The second kappa shape index (κ2) is 9.12. The summed E-state index contributed by atoms with van der Waals surface area (Å²) in [6.45, 7) is 1.42. The molecular formula is C19H18N2O5. The molecule has 0 saturated carbocycles. The molecule has 7 nitrogen and oxygen atoms in total. The molecule has 0 heterocycles. The van der Waals surface area contributed by atoms with Crippen LogP contribution < -0.4 is 10.6 Å². The minimum Gasteiger partial charge on any atom is -0.452 e. The Bertz CT molecular complexity index is 818. The van der Waals surface area contributed by atoms with E-state index in [9.17, 15) is 19.2 Å². The molecule has 7 heteroatoms. The number of carbonyl (C=O) groups excluding carboxylic acids is 4. The molecule has 0 atom stereocenters. The lowest BCUT2D eigenvalue weighted by Gasteiger charge is -2.09. The van der Waals surface area contributed by atoms with Crippen LogP contribution in [0.4, 0.5) is 4.79 Å². The molecule has 134 valence electrons. The summed E-state index contributed by atoms with van der Waals surface area (Å²) >= 11 is 0. The third kappa shape index (κ3) is 5.01. The van der Waals surface area contributed by atoms with Crippen molar-refractivity contribution in [2.75, 3.05) is 13.2 Å². The van der Waals surface area contributed by atoms with Gasteiger partial charge in [-0.1, -0.05) is 48.5 Å². The first-order chi connectivity index (χ1) is 12.5. The van der Waals surface area contributed by atoms with Gasteiger partial charge in [0, 0.05) is 17.7 Å². The van der Waals surface area contributed by atoms with E-state index in [-0.39, 0.29) is 16.9 Å². The van der Waals surface area contributed by atoms with E-state index in [2.05, 4.69) is 5.32 Å². The molecule has 0 aliphatic carbocycles. The number of urea groups is 1. The molecule has 2 rings (SSSR count). The van der Waals surface area contributed by atoms with E-state index < -0.39 is 24.5 Å². The highest BCUT2D eigenvalue weighted by Crippen LogP contribution is 2.15. The highest BCUT2D eigenvalue weighted by Gasteiger charge is 2.20. The lowest BCUT2D eigenvalue weighted by atomic mass is 9.98. The van der Waals surface area contributed by atoms with E-state index in [4.69, 9.17) is 4.74 Å². The van der Waals surface area contributed by atoms with Crippen LogP contribution in [0.3, 0.4) is 0 Å². The average molecular weight is 354 g/mol. The maximum atomic E-state index is 12.6. The lowest BCUT2D eigenvalue weighted by molar-refractivity contribution is -0.123. The topological polar surface area (TPSA) is 102 Å². The smallest absolute Gasteiger partial charge is 0.339 e. The van der Waals surface area contributed by atoms with Crippen molar-refractivity contribution in [2.24, 2.45) is 0 Å². The number of hydrogen-bond acceptors (Lipinski definition) is 5. The van der Waals surface area contributed by atoms with E-state index in [1.54, 1.807) is 49.4 Å². The van der Waals surface area contributed by atoms with Crippen LogP contribution in [-0.2, 0) is 9.53 Å². The van der Waals surface area contributed by atoms with Gasteiger partial charge >= 0.3 is 12.0 Å². The first kappa shape index (κ1) is 18.9. The molecule has 0 fully saturated rings. The molecule has 0 aromatic heterocycles. The zero-order chi connectivity index (χ0) is 18.9. The van der Waals surface area contributed by atoms with Gasteiger partial charge < -0.3 is 10.1 Å². The predicted octanol–water partition coefficient (Wildman–Crippen LogP) is 1.92. The second-order valence-corrected chi connectivity index (χ2v) is 5.22. The Labute approximate surface area is 150 Å². The van der Waals surface area contributed by atoms with E-state index in [1.165, 1.54) is 12.1 Å². The summed E-state index contributed by atoms with van der Waals surface area (Å²) < 4.78 is 4.91. The summed E-state index contributed by atoms with van der Waals surface area (Å²) in [5.74, 6) is -1.92. The molecular weight excluding hydrogens is 336 g/mol. The third-order valence-electron chi connectivity index (χ3n) is 3.35. The Balaban J connectivity index is 2.07. The quantitative estimate of drug-likeness (QED) is 0.610. The predicted molar refractivity (Wildman–Crippen MR) is 93.8 cm³/mol. The standard InChI is InChI=1S/C19H18N2O5/c1-2-20-19(25)21-16(22)12-26-18(24)15-11-7-6-10-14(15)17(23)13-8-4-3-5-9-13/h3-11H,2,12H2,1H3,(H2,20,21,22,25). The van der Waals surface area contributed by atoms with Crippen molar-refractivity contribution in [3.63, 3.8) is 0 Å². The molecule has 0 bridgehead atoms. The summed E-state index contributed by atoms with van der Waals surface area (Å²) in [4.78, 5) is 47.7. The van der Waals surface area contributed by atoms with Gasteiger partial charge in [-0.3, -0.25) is 14.9 Å². The van der Waals surface area contributed by atoms with Crippen LogP contribution in [0.15, 0.2) is 54.6 Å². The monoisotopic (exact) mass is 354 g/mol. The Morgan fingerprint density at radius 3 is 2.15 bits per heavy atom. The fourth-order valence-corrected chi connectivity index (χ4v) is 2.18. The van der Waals surface area contributed by atoms with Gasteiger partial charge in [-0.05, 0) is 13.0 Å². The van der Waals surface area contributed by atoms with Crippen molar-refractivity contribution in [3.05, 3.63) is 71.3 Å². The largest absolute Gasteiger partial charge is 0.452 e. The van der Waals surface area contributed by atoms with Crippen molar-refractivity contribution in [3.8, 4) is 0 Å². The molecule has 2 aromatic carbocycles. The van der Waals surface area contributed by atoms with Gasteiger partial charge in [-0.2, -0.15) is 0 Å². The fraction of sp³-hybridized carbons (Fsp3) is 0.158. The zero-order valence-electron chi connectivity index (χ0n) is 14.2. The highest BCUT2D eigenvalue weighted by atomic mass is 16.5. The number of hydrogen-bond donors (Lipinski definition) is 2. The van der Waals surface area contributed by atoms with E-state index in [1.807, 2.05) is 5.32 Å². The average Bonchev–Trinajstić information content (AvgIpc) is 2.66. The van der Waals surface area contributed by atoms with Crippen molar-refractivity contribution in [1.82, 2.24) is 10.6 Å². The molecule has 0 radical (unpaired) electrons. The fourth-order valence-electron chi connectivity index (χ4n) is 2.18. The van der Waals surface area contributed by atoms with Gasteiger partial charge in [0.25, 0.3) is 5.91 Å². The molecule has 0 unspecified atom stereocenters. The van der Waals surface area contributed by atoms with Crippen LogP contribution in [-0.4, -0.2) is 36.8 Å². The zero-order valence-corrected chi connectivity index (χ0v) is 14.2. The molecule has 0 aliphatic rings. The number of ether oxygens (including phenoxy) is 1. The maximum absolute atomic E-state index is 12.6. The number of imide groups is 1. The van der Waals surface area contributed by atoms with Crippen LogP contribution in [0.5, 0.6) is 0 Å². The summed E-state index contributed by atoms with van der Waals surface area (Å²) in [6, 6.07) is 14.0. The van der Waals surface area contributed by atoms with Crippen molar-refractivity contribution < 1.29 is 23.9 Å². The summed E-state index contributed by atoms with van der Waals surface area (Å²) in [5.41, 5.74) is 0.654. The molecule has 0 spiro atoms. The molecule has 0 saturated heterocycles. The van der Waals surface area contributed by atoms with Crippen LogP contribution in [0.1, 0.15) is 33.2 Å². The van der Waals surface area contributed by atoms with Crippen LogP contribution >= 0.6 is 0 Å². The van der Waals surface area contributed by atoms with Crippen molar-refractivity contribution >= 4 is 23.7 Å². The molecule has 2 aromatic rings. The van der Waals surface area contributed by atoms with E-state index in [0.717, 1.165) is 0 Å². The first-order valence-electron chi connectivity index (χ1n) is 7.96. The van der Waals surface area contributed by atoms with E-state index >= 15 is 0 Å². The van der Waals surface area contributed by atoms with E-state index in [0.29, 0.717) is 12.1 Å². The SMILES string of the molecule is CCNC(=O)NC(=O)COC(=O)c1ccccc1C(=O)c1ccccc1. The number of ketones is 1. The number of benzene rings is 2. The normalized spacial score (nSPS) is 9.88. The van der Waals surface area contributed by atoms with Gasteiger partial charge in [-0.25, -0.2) is 9.59 Å². The maximum Gasteiger partial charge on any atom is 0.339 e. The molecule has 3 amide bonds. The second-order valence-electron chi connectivity index (χ2n) is 5.22. The first-order valence-corrected chi connectivity index (χ1v) is 7.96. The summed E-state index contributed by atoms with van der Waals surface area (Å²) in [5, 5.41) is 4.40. The number of amides is 3. The number of esters is 1. The van der Waals surface area contributed by atoms with Gasteiger partial charge in [0.1, 0.15) is 0 Å². The minimum absolute atomic E-state index is 0.0483. The Hall–Kier alpha value is -3.48. The number of rotatable bonds is 6. The van der Waals surface area contributed by atoms with Crippen molar-refractivity contribution in [2.45, 2.75) is 6.92 Å². The Morgan fingerprint density at radius 1 is 0.885 bits per heavy atom. The number of carbonyl (C=O) groups is 4. The van der Waals surface area contributed by atoms with Gasteiger partial charge in [-0.15, -0.1) is 0 Å². The highest BCUT2D eigenvalue weighted by molar-refractivity contribution is 6.14. The summed E-state index contributed by atoms with van der Waals surface area (Å²) in [6.07, 6.45) is 0. The van der Waals surface area contributed by atoms with Crippen LogP contribution in [0.2, 0.25) is 0 Å². The Kier molecular flexibility index (Phi) is 6.61. The minimum atomic E-state index is -0.823. The lowest BCUT2D eigenvalue weighted by Crippen LogP contribution is -2.41.